The maximum Gasteiger partial charge on any atom is 0.336 e. The summed E-state index contributed by atoms with van der Waals surface area (Å²) in [7, 11) is 0. The number of aromatic nitrogens is 2. The number of rotatable bonds is 5. The molecule has 3 aromatic rings. The van der Waals surface area contributed by atoms with Gasteiger partial charge in [0.2, 0.25) is 5.13 Å². The van der Waals surface area contributed by atoms with Crippen LogP contribution in [0.3, 0.4) is 0 Å². The molecule has 2 aromatic heterocycles. The molecule has 4 rings (SSSR count). The Kier molecular flexibility index (Phi) is 4.05. The number of aryl methyl sites for hydroxylation is 2. The van der Waals surface area contributed by atoms with Gasteiger partial charge in [0.1, 0.15) is 5.58 Å². The van der Waals surface area contributed by atoms with Gasteiger partial charge in [-0.25, -0.2) is 4.79 Å². The molecule has 1 aliphatic rings. The second kappa shape index (κ2) is 6.22. The molecule has 1 saturated carbocycles. The van der Waals surface area contributed by atoms with Crippen LogP contribution in [0.1, 0.15) is 29.5 Å². The van der Waals surface area contributed by atoms with E-state index in [9.17, 15) is 4.79 Å². The van der Waals surface area contributed by atoms with E-state index in [0.717, 1.165) is 31.5 Å². The predicted octanol–water partition coefficient (Wildman–Crippen LogP) is 4.13. The second-order valence-corrected chi connectivity index (χ2v) is 8.26. The maximum atomic E-state index is 11.9. The average molecular weight is 359 g/mol. The highest BCUT2D eigenvalue weighted by Gasteiger charge is 2.22. The quantitative estimate of drug-likeness (QED) is 0.546. The smallest absolute Gasteiger partial charge is 0.336 e. The lowest BCUT2D eigenvalue weighted by atomic mass is 10.0. The van der Waals surface area contributed by atoms with Crippen molar-refractivity contribution in [3.05, 3.63) is 45.3 Å². The Morgan fingerprint density at radius 3 is 2.96 bits per heavy atom. The number of benzene rings is 1. The van der Waals surface area contributed by atoms with Crippen LogP contribution in [0, 0.1) is 13.8 Å². The number of thioether (sulfide) groups is 1. The molecule has 1 aliphatic carbocycles. The summed E-state index contributed by atoms with van der Waals surface area (Å²) < 4.78 is 6.33. The van der Waals surface area contributed by atoms with Crippen molar-refractivity contribution in [2.24, 2.45) is 0 Å². The summed E-state index contributed by atoms with van der Waals surface area (Å²) in [6.07, 6.45) is 2.43. The molecule has 0 unspecified atom stereocenters. The number of anilines is 1. The van der Waals surface area contributed by atoms with E-state index in [4.69, 9.17) is 4.42 Å². The van der Waals surface area contributed by atoms with Gasteiger partial charge >= 0.3 is 5.63 Å². The molecule has 5 nitrogen and oxygen atoms in total. The molecule has 0 saturated heterocycles. The zero-order chi connectivity index (χ0) is 16.7. The first-order chi connectivity index (χ1) is 11.6. The van der Waals surface area contributed by atoms with Crippen LogP contribution in [0.5, 0.6) is 0 Å². The fourth-order valence-corrected chi connectivity index (χ4v) is 4.33. The van der Waals surface area contributed by atoms with Crippen molar-refractivity contribution in [1.29, 1.82) is 0 Å². The van der Waals surface area contributed by atoms with Gasteiger partial charge in [-0.05, 0) is 43.4 Å². The van der Waals surface area contributed by atoms with E-state index in [1.807, 2.05) is 19.9 Å². The monoisotopic (exact) mass is 359 g/mol. The molecule has 24 heavy (non-hydrogen) atoms. The Bertz CT molecular complexity index is 960. The highest BCUT2D eigenvalue weighted by molar-refractivity contribution is 8.00. The van der Waals surface area contributed by atoms with Crippen molar-refractivity contribution in [1.82, 2.24) is 10.2 Å². The molecule has 7 heteroatoms. The minimum atomic E-state index is -0.305. The molecule has 2 heterocycles. The minimum Gasteiger partial charge on any atom is -0.422 e. The van der Waals surface area contributed by atoms with Crippen LogP contribution in [0.25, 0.3) is 11.0 Å². The summed E-state index contributed by atoms with van der Waals surface area (Å²) in [5.74, 6) is 0.669. The lowest BCUT2D eigenvalue weighted by Crippen LogP contribution is -2.01. The number of nitrogens with one attached hydrogen (secondary N) is 1. The SMILES string of the molecule is Cc1ccc2c(CSc3nnc(NC4CC4)s3)cc(=O)oc2c1C. The van der Waals surface area contributed by atoms with Gasteiger partial charge in [-0.1, -0.05) is 35.2 Å². The molecule has 1 aromatic carbocycles. The molecule has 0 radical (unpaired) electrons. The standard InChI is InChI=1S/C17H17N3O2S2/c1-9-3-6-13-11(7-14(21)22-15(13)10(9)2)8-23-17-20-19-16(24-17)18-12-4-5-12/h3,6-7,12H,4-5,8H2,1-2H3,(H,18,19). The average Bonchev–Trinajstić information content (AvgIpc) is 3.26. The van der Waals surface area contributed by atoms with Gasteiger partial charge in [0.05, 0.1) is 0 Å². The van der Waals surface area contributed by atoms with Gasteiger partial charge in [0.25, 0.3) is 0 Å². The molecule has 124 valence electrons. The first-order valence-corrected chi connectivity index (χ1v) is 9.66. The van der Waals surface area contributed by atoms with Crippen molar-refractivity contribution >= 4 is 39.2 Å². The Balaban J connectivity index is 1.58. The van der Waals surface area contributed by atoms with E-state index >= 15 is 0 Å². The van der Waals surface area contributed by atoms with E-state index in [-0.39, 0.29) is 5.63 Å². The molecule has 0 bridgehead atoms. The van der Waals surface area contributed by atoms with Crippen LogP contribution in [0.2, 0.25) is 0 Å². The van der Waals surface area contributed by atoms with Crippen molar-refractivity contribution in [2.45, 2.75) is 42.8 Å². The first kappa shape index (κ1) is 15.7. The third kappa shape index (κ3) is 3.18. The predicted molar refractivity (Wildman–Crippen MR) is 98.1 cm³/mol. The summed E-state index contributed by atoms with van der Waals surface area (Å²) in [6.45, 7) is 4.00. The van der Waals surface area contributed by atoms with Crippen LogP contribution >= 0.6 is 23.1 Å². The van der Waals surface area contributed by atoms with E-state index in [2.05, 4.69) is 21.6 Å². The third-order valence-electron chi connectivity index (χ3n) is 4.18. The number of fused-ring (bicyclic) bond motifs is 1. The Morgan fingerprint density at radius 2 is 2.17 bits per heavy atom. The molecule has 0 amide bonds. The normalized spacial score (nSPS) is 14.2. The summed E-state index contributed by atoms with van der Waals surface area (Å²) in [5.41, 5.74) is 3.49. The van der Waals surface area contributed by atoms with Crippen LogP contribution in [0.15, 0.2) is 31.8 Å². The molecule has 0 atom stereocenters. The fraction of sp³-hybridized carbons (Fsp3) is 0.353. The zero-order valence-electron chi connectivity index (χ0n) is 13.5. The van der Waals surface area contributed by atoms with Crippen molar-refractivity contribution in [3.63, 3.8) is 0 Å². The zero-order valence-corrected chi connectivity index (χ0v) is 15.1. The molecular weight excluding hydrogens is 342 g/mol. The van der Waals surface area contributed by atoms with E-state index < -0.39 is 0 Å². The van der Waals surface area contributed by atoms with Crippen LogP contribution in [-0.4, -0.2) is 16.2 Å². The Hall–Kier alpha value is -1.86. The van der Waals surface area contributed by atoms with Gasteiger partial charge < -0.3 is 9.73 Å². The van der Waals surface area contributed by atoms with E-state index in [1.165, 1.54) is 12.8 Å². The molecule has 0 aliphatic heterocycles. The summed E-state index contributed by atoms with van der Waals surface area (Å²) in [4.78, 5) is 11.9. The highest BCUT2D eigenvalue weighted by atomic mass is 32.2. The van der Waals surface area contributed by atoms with Gasteiger partial charge in [-0.3, -0.25) is 0 Å². The van der Waals surface area contributed by atoms with Gasteiger partial charge in [-0.2, -0.15) is 0 Å². The van der Waals surface area contributed by atoms with Crippen molar-refractivity contribution in [3.8, 4) is 0 Å². The largest absolute Gasteiger partial charge is 0.422 e. The Labute approximate surface area is 147 Å². The fourth-order valence-electron chi connectivity index (χ4n) is 2.51. The molecule has 1 N–H and O–H groups in total. The second-order valence-electron chi connectivity index (χ2n) is 6.06. The van der Waals surface area contributed by atoms with Crippen LogP contribution < -0.4 is 10.9 Å². The number of hydrogen-bond acceptors (Lipinski definition) is 7. The first-order valence-electron chi connectivity index (χ1n) is 7.86. The van der Waals surface area contributed by atoms with Crippen LogP contribution in [-0.2, 0) is 5.75 Å². The van der Waals surface area contributed by atoms with Crippen LogP contribution in [0.4, 0.5) is 5.13 Å². The van der Waals surface area contributed by atoms with E-state index in [0.29, 0.717) is 17.4 Å². The lowest BCUT2D eigenvalue weighted by Gasteiger charge is -2.08. The van der Waals surface area contributed by atoms with Gasteiger partial charge in [-0.15, -0.1) is 10.2 Å². The molecular formula is C17H17N3O2S2. The molecule has 0 spiro atoms. The van der Waals surface area contributed by atoms with E-state index in [1.54, 1.807) is 29.2 Å². The van der Waals surface area contributed by atoms with Crippen molar-refractivity contribution in [2.75, 3.05) is 5.32 Å². The van der Waals surface area contributed by atoms with Gasteiger partial charge in [0.15, 0.2) is 4.34 Å². The number of hydrogen-bond donors (Lipinski definition) is 1. The Morgan fingerprint density at radius 1 is 1.33 bits per heavy atom. The van der Waals surface area contributed by atoms with Crippen molar-refractivity contribution < 1.29 is 4.42 Å². The molecule has 1 fully saturated rings. The maximum absolute atomic E-state index is 11.9. The lowest BCUT2D eigenvalue weighted by molar-refractivity contribution is 0.557. The summed E-state index contributed by atoms with van der Waals surface area (Å²) >= 11 is 3.16. The minimum absolute atomic E-state index is 0.305. The number of nitrogens with zero attached hydrogens (tertiary/aromatic N) is 2. The van der Waals surface area contributed by atoms with Gasteiger partial charge in [0, 0.05) is 23.2 Å². The summed E-state index contributed by atoms with van der Waals surface area (Å²) in [5, 5.41) is 13.6. The summed E-state index contributed by atoms with van der Waals surface area (Å²) in [6, 6.07) is 6.24. The third-order valence-corrected chi connectivity index (χ3v) is 6.22. The topological polar surface area (TPSA) is 68.0 Å². The highest BCUT2D eigenvalue weighted by Crippen LogP contribution is 2.33.